The molecule has 2 heterocycles. The third-order valence-corrected chi connectivity index (χ3v) is 7.68. The first-order valence-electron chi connectivity index (χ1n) is 11.9. The Hall–Kier alpha value is -4.94. The van der Waals surface area contributed by atoms with Crippen molar-refractivity contribution >= 4 is 28.7 Å². The normalized spacial score (nSPS) is 14.9. The van der Waals surface area contributed by atoms with Crippen molar-refractivity contribution in [2.75, 3.05) is 19.1 Å². The van der Waals surface area contributed by atoms with Crippen LogP contribution >= 0.6 is 11.3 Å². The number of para-hydroxylation sites is 1. The average Bonchev–Trinajstić information content (AvgIpc) is 3.49. The topological polar surface area (TPSA) is 113 Å². The molecule has 9 heteroatoms. The number of Topliss-reactive ketones (excluding diaryl/α,β-unsaturated/α-hetero) is 1. The first-order valence-corrected chi connectivity index (χ1v) is 12.8. The number of rotatable bonds is 7. The van der Waals surface area contributed by atoms with E-state index in [1.807, 2.05) is 30.3 Å². The number of anilines is 1. The summed E-state index contributed by atoms with van der Waals surface area (Å²) in [5, 5.41) is 21.1. The summed E-state index contributed by atoms with van der Waals surface area (Å²) >= 11 is 1.20. The van der Waals surface area contributed by atoms with Crippen LogP contribution in [0.5, 0.6) is 11.5 Å². The summed E-state index contributed by atoms with van der Waals surface area (Å²) < 4.78 is 11.1. The molecule has 0 fully saturated rings. The van der Waals surface area contributed by atoms with Gasteiger partial charge in [0.2, 0.25) is 5.78 Å². The van der Waals surface area contributed by atoms with E-state index in [-0.39, 0.29) is 5.57 Å². The second kappa shape index (κ2) is 10.4. The largest absolute Gasteiger partial charge is 0.503 e. The maximum atomic E-state index is 14.1. The van der Waals surface area contributed by atoms with Crippen molar-refractivity contribution in [3.8, 4) is 28.1 Å². The highest BCUT2D eigenvalue weighted by Gasteiger charge is 2.46. The maximum absolute atomic E-state index is 14.1. The molecule has 0 saturated heterocycles. The third kappa shape index (κ3) is 4.41. The molecule has 0 radical (unpaired) electrons. The number of benzene rings is 3. The molecule has 1 aliphatic rings. The zero-order valence-electron chi connectivity index (χ0n) is 21.3. The van der Waals surface area contributed by atoms with E-state index in [0.717, 1.165) is 5.56 Å². The molecule has 1 amide bonds. The highest BCUT2D eigenvalue weighted by Crippen LogP contribution is 2.47. The van der Waals surface area contributed by atoms with Gasteiger partial charge in [-0.25, -0.2) is 4.98 Å². The van der Waals surface area contributed by atoms with E-state index >= 15 is 0 Å². The van der Waals surface area contributed by atoms with Gasteiger partial charge in [0.25, 0.3) is 5.91 Å². The molecule has 8 nitrogen and oxygen atoms in total. The van der Waals surface area contributed by atoms with Crippen molar-refractivity contribution in [3.63, 3.8) is 0 Å². The molecule has 0 bridgehead atoms. The molecule has 39 heavy (non-hydrogen) atoms. The molecular formula is C30H23N3O5S. The summed E-state index contributed by atoms with van der Waals surface area (Å²) in [6.07, 6.45) is 0. The number of carbonyl (C=O) groups excluding carboxylic acids is 2. The van der Waals surface area contributed by atoms with Crippen LogP contribution in [-0.4, -0.2) is 36.0 Å². The van der Waals surface area contributed by atoms with Crippen LogP contribution in [0.3, 0.4) is 0 Å². The minimum atomic E-state index is -1.04. The van der Waals surface area contributed by atoms with Crippen molar-refractivity contribution < 1.29 is 24.2 Å². The number of ketones is 1. The van der Waals surface area contributed by atoms with Gasteiger partial charge in [-0.1, -0.05) is 42.5 Å². The fourth-order valence-corrected chi connectivity index (χ4v) is 5.68. The number of aliphatic hydroxyl groups is 1. The number of hydrogen-bond acceptors (Lipinski definition) is 8. The summed E-state index contributed by atoms with van der Waals surface area (Å²) in [4.78, 5) is 34.0. The van der Waals surface area contributed by atoms with E-state index in [1.54, 1.807) is 49.4 Å². The maximum Gasteiger partial charge on any atom is 0.294 e. The predicted molar refractivity (Wildman–Crippen MR) is 147 cm³/mol. The quantitative estimate of drug-likeness (QED) is 0.297. The average molecular weight is 538 g/mol. The number of aromatic nitrogens is 1. The molecule has 194 valence electrons. The van der Waals surface area contributed by atoms with Crippen LogP contribution < -0.4 is 14.4 Å². The number of carbonyl (C=O) groups is 2. The van der Waals surface area contributed by atoms with Crippen molar-refractivity contribution in [2.45, 2.75) is 13.0 Å². The van der Waals surface area contributed by atoms with Gasteiger partial charge in [0.15, 0.2) is 17.3 Å². The van der Waals surface area contributed by atoms with Gasteiger partial charge in [0, 0.05) is 16.8 Å². The van der Waals surface area contributed by atoms with Gasteiger partial charge in [-0.05, 0) is 37.3 Å². The second-order valence-electron chi connectivity index (χ2n) is 8.71. The van der Waals surface area contributed by atoms with E-state index < -0.39 is 23.5 Å². The lowest BCUT2D eigenvalue weighted by atomic mass is 9.93. The first kappa shape index (κ1) is 25.7. The van der Waals surface area contributed by atoms with Crippen LogP contribution in [0.25, 0.3) is 10.6 Å². The second-order valence-corrected chi connectivity index (χ2v) is 9.71. The highest BCUT2D eigenvalue weighted by atomic mass is 32.1. The number of methoxy groups -OCH3 is 2. The zero-order chi connectivity index (χ0) is 27.7. The summed E-state index contributed by atoms with van der Waals surface area (Å²) in [5.74, 6) is -1.19. The number of hydrogen-bond donors (Lipinski definition) is 1. The van der Waals surface area contributed by atoms with E-state index in [4.69, 9.17) is 9.47 Å². The van der Waals surface area contributed by atoms with Gasteiger partial charge in [0.05, 0.1) is 48.0 Å². The first-order chi connectivity index (χ1) is 18.9. The molecule has 1 N–H and O–H groups in total. The lowest BCUT2D eigenvalue weighted by molar-refractivity contribution is -0.117. The number of nitriles is 1. The molecule has 1 unspecified atom stereocenters. The molecule has 5 rings (SSSR count). The Morgan fingerprint density at radius 1 is 1.03 bits per heavy atom. The minimum Gasteiger partial charge on any atom is -0.503 e. The number of amides is 1. The van der Waals surface area contributed by atoms with Crippen LogP contribution in [0.1, 0.15) is 32.5 Å². The predicted octanol–water partition coefficient (Wildman–Crippen LogP) is 5.79. The number of aliphatic hydroxyl groups excluding tert-OH is 1. The molecule has 0 aliphatic carbocycles. The fraction of sp³-hybridized carbons (Fsp3) is 0.133. The Balaban J connectivity index is 1.69. The summed E-state index contributed by atoms with van der Waals surface area (Å²) in [5.41, 5.74) is 2.51. The Labute approximate surface area is 229 Å². The fourth-order valence-electron chi connectivity index (χ4n) is 4.66. The van der Waals surface area contributed by atoms with Crippen LogP contribution in [0.15, 0.2) is 84.1 Å². The van der Waals surface area contributed by atoms with Gasteiger partial charge in [0.1, 0.15) is 5.01 Å². The Bertz CT molecular complexity index is 1650. The van der Waals surface area contributed by atoms with E-state index in [0.29, 0.717) is 43.9 Å². The van der Waals surface area contributed by atoms with Gasteiger partial charge in [-0.3, -0.25) is 14.5 Å². The number of aryl methyl sites for hydroxylation is 1. The van der Waals surface area contributed by atoms with E-state index in [2.05, 4.69) is 11.1 Å². The molecule has 1 aromatic heterocycles. The molecule has 0 saturated carbocycles. The monoisotopic (exact) mass is 537 g/mol. The molecule has 3 aromatic carbocycles. The van der Waals surface area contributed by atoms with Crippen molar-refractivity contribution in [2.24, 2.45) is 0 Å². The number of thiazole rings is 1. The van der Waals surface area contributed by atoms with Gasteiger partial charge in [-0.15, -0.1) is 11.3 Å². The highest BCUT2D eigenvalue weighted by molar-refractivity contribution is 7.17. The summed E-state index contributed by atoms with van der Waals surface area (Å²) in [7, 11) is 2.96. The molecule has 1 aliphatic heterocycles. The number of nitrogens with zero attached hydrogens (tertiary/aromatic N) is 3. The molecular weight excluding hydrogens is 514 g/mol. The lowest BCUT2D eigenvalue weighted by Gasteiger charge is -2.28. The van der Waals surface area contributed by atoms with Crippen molar-refractivity contribution in [3.05, 3.63) is 106 Å². The molecule has 4 aromatic rings. The standard InChI is InChI=1S/C30H23N3O5S/c1-17-28(39-29(32-17)19-8-5-4-6-9-19)25(34)23-24(21-10-7-11-22(37-2)27(21)38-3)33(30(36)26(23)35)20-14-12-18(16-31)13-15-20/h4-15,24,35H,1-3H3. The van der Waals surface area contributed by atoms with Crippen molar-refractivity contribution in [1.29, 1.82) is 5.26 Å². The Morgan fingerprint density at radius 2 is 1.74 bits per heavy atom. The number of ether oxygens (including phenoxy) is 2. The zero-order valence-corrected chi connectivity index (χ0v) is 22.2. The lowest BCUT2D eigenvalue weighted by Crippen LogP contribution is -2.31. The van der Waals surface area contributed by atoms with Crippen molar-refractivity contribution in [1.82, 2.24) is 4.98 Å². The Kier molecular flexibility index (Phi) is 6.88. The smallest absolute Gasteiger partial charge is 0.294 e. The van der Waals surface area contributed by atoms with Crippen LogP contribution in [0.2, 0.25) is 0 Å². The Morgan fingerprint density at radius 3 is 2.38 bits per heavy atom. The molecule has 0 spiro atoms. The van der Waals surface area contributed by atoms with Crippen LogP contribution in [-0.2, 0) is 4.79 Å². The van der Waals surface area contributed by atoms with Gasteiger partial charge < -0.3 is 14.6 Å². The van der Waals surface area contributed by atoms with E-state index in [1.165, 1.54) is 30.5 Å². The molecule has 1 atom stereocenters. The third-order valence-electron chi connectivity index (χ3n) is 6.48. The summed E-state index contributed by atoms with van der Waals surface area (Å²) in [6, 6.07) is 22.0. The van der Waals surface area contributed by atoms with Crippen LogP contribution in [0, 0.1) is 18.3 Å². The minimum absolute atomic E-state index is 0.0951. The van der Waals surface area contributed by atoms with Crippen LogP contribution in [0.4, 0.5) is 5.69 Å². The van der Waals surface area contributed by atoms with Gasteiger partial charge >= 0.3 is 0 Å². The SMILES string of the molecule is COc1cccc(C2C(C(=O)c3sc(-c4ccccc4)nc3C)=C(O)C(=O)N2c2ccc(C#N)cc2)c1OC. The summed E-state index contributed by atoms with van der Waals surface area (Å²) in [6.45, 7) is 1.73. The van der Waals surface area contributed by atoms with E-state index in [9.17, 15) is 20.0 Å². The van der Waals surface area contributed by atoms with Gasteiger partial charge in [-0.2, -0.15) is 5.26 Å².